The summed E-state index contributed by atoms with van der Waals surface area (Å²) in [6.07, 6.45) is 3.23. The zero-order valence-corrected chi connectivity index (χ0v) is 14.4. The van der Waals surface area contributed by atoms with E-state index < -0.39 is 0 Å². The van der Waals surface area contributed by atoms with E-state index in [9.17, 15) is 9.59 Å². The van der Waals surface area contributed by atoms with E-state index in [1.54, 1.807) is 37.5 Å². The highest BCUT2D eigenvalue weighted by Gasteiger charge is 2.04. The second-order valence-electron chi connectivity index (χ2n) is 5.39. The predicted molar refractivity (Wildman–Crippen MR) is 99.4 cm³/mol. The van der Waals surface area contributed by atoms with E-state index in [2.05, 4.69) is 10.6 Å². The molecule has 0 spiro atoms. The fraction of sp³-hybridized carbons (Fsp3) is 0.150. The third-order valence-corrected chi connectivity index (χ3v) is 3.47. The highest BCUT2D eigenvalue weighted by molar-refractivity contribution is 5.93. The summed E-state index contributed by atoms with van der Waals surface area (Å²) in [7, 11) is 1.59. The lowest BCUT2D eigenvalue weighted by Gasteiger charge is -2.06. The smallest absolute Gasteiger partial charge is 0.244 e. The van der Waals surface area contributed by atoms with E-state index in [0.717, 1.165) is 11.3 Å². The SMILES string of the molecule is COc1ccc(C=CC(=O)NCCC(=O)Nc2cccc(C#N)c2)cc1. The van der Waals surface area contributed by atoms with Crippen molar-refractivity contribution in [1.29, 1.82) is 5.26 Å². The number of carbonyl (C=O) groups is 2. The maximum Gasteiger partial charge on any atom is 0.244 e. The lowest BCUT2D eigenvalue weighted by molar-refractivity contribution is -0.117. The first-order valence-electron chi connectivity index (χ1n) is 8.00. The van der Waals surface area contributed by atoms with Crippen molar-refractivity contribution in [1.82, 2.24) is 5.32 Å². The zero-order chi connectivity index (χ0) is 18.8. The second-order valence-corrected chi connectivity index (χ2v) is 5.39. The number of methoxy groups -OCH3 is 1. The van der Waals surface area contributed by atoms with Crippen molar-refractivity contribution in [2.45, 2.75) is 6.42 Å². The summed E-state index contributed by atoms with van der Waals surface area (Å²) in [5, 5.41) is 14.2. The Labute approximate surface area is 152 Å². The lowest BCUT2D eigenvalue weighted by Crippen LogP contribution is -2.26. The van der Waals surface area contributed by atoms with Gasteiger partial charge >= 0.3 is 0 Å². The van der Waals surface area contributed by atoms with Gasteiger partial charge in [-0.05, 0) is 42.0 Å². The molecule has 6 nitrogen and oxygen atoms in total. The molecular weight excluding hydrogens is 330 g/mol. The number of nitrogens with zero attached hydrogens (tertiary/aromatic N) is 1. The van der Waals surface area contributed by atoms with E-state index in [1.165, 1.54) is 6.08 Å². The summed E-state index contributed by atoms with van der Waals surface area (Å²) >= 11 is 0. The van der Waals surface area contributed by atoms with E-state index in [0.29, 0.717) is 11.3 Å². The van der Waals surface area contributed by atoms with Gasteiger partial charge in [0.1, 0.15) is 5.75 Å². The van der Waals surface area contributed by atoms with Crippen molar-refractivity contribution in [3.05, 3.63) is 65.7 Å². The molecule has 2 aromatic carbocycles. The van der Waals surface area contributed by atoms with Crippen LogP contribution in [-0.2, 0) is 9.59 Å². The molecule has 0 bridgehead atoms. The molecule has 0 aliphatic rings. The number of hydrogen-bond acceptors (Lipinski definition) is 4. The minimum absolute atomic E-state index is 0.138. The maximum atomic E-state index is 11.9. The number of carbonyl (C=O) groups excluding carboxylic acids is 2. The molecule has 0 heterocycles. The summed E-state index contributed by atoms with van der Waals surface area (Å²) in [5.41, 5.74) is 1.90. The Morgan fingerprint density at radius 1 is 1.19 bits per heavy atom. The summed E-state index contributed by atoms with van der Waals surface area (Å²) < 4.78 is 5.07. The van der Waals surface area contributed by atoms with Gasteiger partial charge < -0.3 is 15.4 Å². The summed E-state index contributed by atoms with van der Waals surface area (Å²) in [4.78, 5) is 23.6. The van der Waals surface area contributed by atoms with Gasteiger partial charge in [-0.25, -0.2) is 0 Å². The van der Waals surface area contributed by atoms with Crippen LogP contribution in [0.25, 0.3) is 6.08 Å². The molecule has 0 atom stereocenters. The summed E-state index contributed by atoms with van der Waals surface area (Å²) in [6.45, 7) is 0.218. The molecule has 0 aliphatic heterocycles. The lowest BCUT2D eigenvalue weighted by atomic mass is 10.2. The molecule has 0 radical (unpaired) electrons. The van der Waals surface area contributed by atoms with E-state index in [1.807, 2.05) is 30.3 Å². The third kappa shape index (κ3) is 6.13. The molecule has 26 heavy (non-hydrogen) atoms. The highest BCUT2D eigenvalue weighted by atomic mass is 16.5. The van der Waals surface area contributed by atoms with Crippen LogP contribution in [0.3, 0.4) is 0 Å². The number of anilines is 1. The molecule has 0 saturated heterocycles. The Bertz CT molecular complexity index is 836. The van der Waals surface area contributed by atoms with Crippen molar-refractivity contribution >= 4 is 23.6 Å². The normalized spacial score (nSPS) is 10.2. The van der Waals surface area contributed by atoms with Crippen molar-refractivity contribution in [2.24, 2.45) is 0 Å². The quantitative estimate of drug-likeness (QED) is 0.752. The van der Waals surface area contributed by atoms with Crippen molar-refractivity contribution in [3.8, 4) is 11.8 Å². The Morgan fingerprint density at radius 3 is 2.65 bits per heavy atom. The molecule has 2 rings (SSSR count). The Hall–Kier alpha value is -3.59. The molecule has 2 N–H and O–H groups in total. The number of amides is 2. The standard InChI is InChI=1S/C20H19N3O3/c1-26-18-8-5-15(6-9-18)7-10-19(24)22-12-11-20(25)23-17-4-2-3-16(13-17)14-21/h2-10,13H,11-12H2,1H3,(H,22,24)(H,23,25). The molecule has 2 amide bonds. The molecule has 0 aliphatic carbocycles. The monoisotopic (exact) mass is 349 g/mol. The molecule has 6 heteroatoms. The number of rotatable bonds is 7. The van der Waals surface area contributed by atoms with Crippen LogP contribution in [0.4, 0.5) is 5.69 Å². The number of benzene rings is 2. The fourth-order valence-corrected chi connectivity index (χ4v) is 2.14. The fourth-order valence-electron chi connectivity index (χ4n) is 2.14. The van der Waals surface area contributed by atoms with Crippen LogP contribution in [0.2, 0.25) is 0 Å². The molecule has 0 saturated carbocycles. The first kappa shape index (κ1) is 18.7. The molecule has 0 fully saturated rings. The first-order valence-corrected chi connectivity index (χ1v) is 8.00. The number of hydrogen-bond donors (Lipinski definition) is 2. The predicted octanol–water partition coefficient (Wildman–Crippen LogP) is 2.73. The topological polar surface area (TPSA) is 91.2 Å². The van der Waals surface area contributed by atoms with Gasteiger partial charge in [0.2, 0.25) is 11.8 Å². The van der Waals surface area contributed by atoms with Gasteiger partial charge in [0.15, 0.2) is 0 Å². The van der Waals surface area contributed by atoms with Gasteiger partial charge in [-0.1, -0.05) is 18.2 Å². The molecule has 0 aromatic heterocycles. The minimum Gasteiger partial charge on any atom is -0.497 e. The van der Waals surface area contributed by atoms with Crippen molar-refractivity contribution in [3.63, 3.8) is 0 Å². The number of nitrogens with one attached hydrogen (secondary N) is 2. The minimum atomic E-state index is -0.278. The summed E-state index contributed by atoms with van der Waals surface area (Å²) in [5.74, 6) is 0.234. The maximum absolute atomic E-state index is 11.9. The Morgan fingerprint density at radius 2 is 1.96 bits per heavy atom. The van der Waals surface area contributed by atoms with Gasteiger partial charge in [-0.2, -0.15) is 5.26 Å². The number of nitriles is 1. The van der Waals surface area contributed by atoms with Crippen LogP contribution in [0, 0.1) is 11.3 Å². The van der Waals surface area contributed by atoms with E-state index in [-0.39, 0.29) is 24.8 Å². The van der Waals surface area contributed by atoms with Gasteiger partial charge in [0.05, 0.1) is 18.7 Å². The van der Waals surface area contributed by atoms with Crippen molar-refractivity contribution < 1.29 is 14.3 Å². The summed E-state index contributed by atoms with van der Waals surface area (Å²) in [6, 6.07) is 16.0. The molecule has 0 unspecified atom stereocenters. The molecule has 2 aromatic rings. The van der Waals surface area contributed by atoms with Gasteiger partial charge in [0.25, 0.3) is 0 Å². The van der Waals surface area contributed by atoms with E-state index >= 15 is 0 Å². The average molecular weight is 349 g/mol. The second kappa shape index (κ2) is 9.64. The molecular formula is C20H19N3O3. The van der Waals surface area contributed by atoms with Crippen LogP contribution in [-0.4, -0.2) is 25.5 Å². The number of ether oxygens (including phenoxy) is 1. The van der Waals surface area contributed by atoms with Crippen molar-refractivity contribution in [2.75, 3.05) is 19.0 Å². The van der Waals surface area contributed by atoms with Crippen LogP contribution >= 0.6 is 0 Å². The highest BCUT2D eigenvalue weighted by Crippen LogP contribution is 2.12. The molecule has 132 valence electrons. The van der Waals surface area contributed by atoms with E-state index in [4.69, 9.17) is 10.00 Å². The van der Waals surface area contributed by atoms with Crippen LogP contribution < -0.4 is 15.4 Å². The van der Waals surface area contributed by atoms with Crippen LogP contribution in [0.5, 0.6) is 5.75 Å². The largest absolute Gasteiger partial charge is 0.497 e. The average Bonchev–Trinajstić information content (AvgIpc) is 2.67. The van der Waals surface area contributed by atoms with Crippen LogP contribution in [0.15, 0.2) is 54.6 Å². The zero-order valence-electron chi connectivity index (χ0n) is 14.4. The third-order valence-electron chi connectivity index (χ3n) is 3.47. The Balaban J connectivity index is 1.74. The van der Waals surface area contributed by atoms with Crippen LogP contribution in [0.1, 0.15) is 17.5 Å². The van der Waals surface area contributed by atoms with Gasteiger partial charge in [-0.15, -0.1) is 0 Å². The van der Waals surface area contributed by atoms with Gasteiger partial charge in [0, 0.05) is 24.7 Å². The Kier molecular flexibility index (Phi) is 6.95. The van der Waals surface area contributed by atoms with Gasteiger partial charge in [-0.3, -0.25) is 9.59 Å². The first-order chi connectivity index (χ1) is 12.6.